The summed E-state index contributed by atoms with van der Waals surface area (Å²) in [6.45, 7) is 1.87. The van der Waals surface area contributed by atoms with Gasteiger partial charge in [-0.3, -0.25) is 9.89 Å². The van der Waals surface area contributed by atoms with Crippen LogP contribution in [0.4, 0.5) is 5.82 Å². The molecular weight excluding hydrogens is 276 g/mol. The molecule has 0 aliphatic heterocycles. The Balaban J connectivity index is 1.61. The maximum Gasteiger partial charge on any atom is 0.257 e. The molecule has 2 heterocycles. The molecule has 3 rings (SSSR count). The predicted octanol–water partition coefficient (Wildman–Crippen LogP) is 2.59. The van der Waals surface area contributed by atoms with Gasteiger partial charge in [-0.1, -0.05) is 23.9 Å². The van der Waals surface area contributed by atoms with Crippen LogP contribution < -0.4 is 5.32 Å². The summed E-state index contributed by atoms with van der Waals surface area (Å²) in [5.74, 6) is 0.712. The summed E-state index contributed by atoms with van der Waals surface area (Å²) in [5.41, 5.74) is 2.41. The molecule has 0 saturated carbocycles. The molecule has 0 radical (unpaired) electrons. The molecular formula is C13H12N4O2S. The van der Waals surface area contributed by atoms with E-state index in [1.807, 2.05) is 31.2 Å². The van der Waals surface area contributed by atoms with E-state index in [1.54, 1.807) is 6.20 Å². The van der Waals surface area contributed by atoms with Crippen molar-refractivity contribution in [3.8, 4) is 0 Å². The zero-order valence-corrected chi connectivity index (χ0v) is 11.5. The van der Waals surface area contributed by atoms with Crippen LogP contribution in [0.15, 0.2) is 40.1 Å². The molecule has 1 aromatic carbocycles. The van der Waals surface area contributed by atoms with E-state index in [1.165, 1.54) is 11.8 Å². The summed E-state index contributed by atoms with van der Waals surface area (Å²) in [6.07, 6.45) is 1.66. The molecule has 0 aliphatic carbocycles. The Morgan fingerprint density at radius 3 is 3.05 bits per heavy atom. The highest BCUT2D eigenvalue weighted by atomic mass is 32.2. The van der Waals surface area contributed by atoms with E-state index in [2.05, 4.69) is 20.5 Å². The second-order valence-corrected chi connectivity index (χ2v) is 5.14. The molecule has 2 N–H and O–H groups in total. The fourth-order valence-corrected chi connectivity index (χ4v) is 2.33. The third kappa shape index (κ3) is 2.67. The van der Waals surface area contributed by atoms with E-state index in [4.69, 9.17) is 4.42 Å². The minimum Gasteiger partial charge on any atom is -0.431 e. The maximum absolute atomic E-state index is 11.8. The molecule has 0 spiro atoms. The highest BCUT2D eigenvalue weighted by Crippen LogP contribution is 2.23. The number of nitrogens with zero attached hydrogens (tertiary/aromatic N) is 2. The number of H-pyrrole nitrogens is 1. The van der Waals surface area contributed by atoms with E-state index in [9.17, 15) is 4.79 Å². The van der Waals surface area contributed by atoms with Gasteiger partial charge in [0.2, 0.25) is 5.91 Å². The third-order valence-corrected chi connectivity index (χ3v) is 3.52. The molecule has 0 unspecified atom stereocenters. The van der Waals surface area contributed by atoms with Crippen molar-refractivity contribution in [1.29, 1.82) is 0 Å². The van der Waals surface area contributed by atoms with E-state index in [-0.39, 0.29) is 11.7 Å². The summed E-state index contributed by atoms with van der Waals surface area (Å²) in [7, 11) is 0. The Morgan fingerprint density at radius 2 is 2.30 bits per heavy atom. The number of aryl methyl sites for hydroxylation is 1. The van der Waals surface area contributed by atoms with Crippen LogP contribution in [0.2, 0.25) is 0 Å². The Bertz CT molecular complexity index is 717. The molecule has 1 amide bonds. The number of para-hydroxylation sites is 2. The second kappa shape index (κ2) is 5.38. The zero-order valence-electron chi connectivity index (χ0n) is 10.7. The SMILES string of the molecule is Cc1cn[nH]c1NC(=O)CSc1nc2ccccc2o1. The minimum absolute atomic E-state index is 0.135. The summed E-state index contributed by atoms with van der Waals surface area (Å²) in [6, 6.07) is 7.50. The zero-order chi connectivity index (χ0) is 13.9. The summed E-state index contributed by atoms with van der Waals surface area (Å²) >= 11 is 1.26. The van der Waals surface area contributed by atoms with E-state index in [0.29, 0.717) is 11.0 Å². The molecule has 0 atom stereocenters. The van der Waals surface area contributed by atoms with Gasteiger partial charge >= 0.3 is 0 Å². The summed E-state index contributed by atoms with van der Waals surface area (Å²) in [4.78, 5) is 16.1. The van der Waals surface area contributed by atoms with Gasteiger partial charge in [-0.15, -0.1) is 0 Å². The molecule has 102 valence electrons. The lowest BCUT2D eigenvalue weighted by Crippen LogP contribution is -2.14. The van der Waals surface area contributed by atoms with Gasteiger partial charge < -0.3 is 9.73 Å². The lowest BCUT2D eigenvalue weighted by Gasteiger charge is -2.01. The second-order valence-electron chi connectivity index (χ2n) is 4.21. The van der Waals surface area contributed by atoms with Crippen LogP contribution in [-0.2, 0) is 4.79 Å². The van der Waals surface area contributed by atoms with Crippen LogP contribution >= 0.6 is 11.8 Å². The first-order valence-electron chi connectivity index (χ1n) is 6.00. The number of thioether (sulfide) groups is 1. The van der Waals surface area contributed by atoms with Gasteiger partial charge in [-0.05, 0) is 19.1 Å². The smallest absolute Gasteiger partial charge is 0.257 e. The Labute approximate surface area is 119 Å². The highest BCUT2D eigenvalue weighted by Gasteiger charge is 2.10. The number of fused-ring (bicyclic) bond motifs is 1. The Morgan fingerprint density at radius 1 is 1.45 bits per heavy atom. The van der Waals surface area contributed by atoms with Crippen molar-refractivity contribution >= 4 is 34.6 Å². The highest BCUT2D eigenvalue weighted by molar-refractivity contribution is 7.99. The van der Waals surface area contributed by atoms with Crippen LogP contribution in [0.1, 0.15) is 5.56 Å². The van der Waals surface area contributed by atoms with Crippen molar-refractivity contribution in [2.45, 2.75) is 12.1 Å². The first-order valence-corrected chi connectivity index (χ1v) is 6.99. The standard InChI is InChI=1S/C13H12N4O2S/c1-8-6-14-17-12(8)16-11(18)7-20-13-15-9-4-2-3-5-10(9)19-13/h2-6H,7H2,1H3,(H2,14,16,17,18). The fourth-order valence-electron chi connectivity index (χ4n) is 1.69. The molecule has 6 nitrogen and oxygen atoms in total. The molecule has 3 aromatic rings. The summed E-state index contributed by atoms with van der Waals surface area (Å²) in [5, 5.41) is 9.81. The number of carbonyl (C=O) groups excluding carboxylic acids is 1. The Hall–Kier alpha value is -2.28. The molecule has 7 heteroatoms. The fraction of sp³-hybridized carbons (Fsp3) is 0.154. The van der Waals surface area contributed by atoms with Crippen LogP contribution in [0.3, 0.4) is 0 Å². The van der Waals surface area contributed by atoms with Crippen LogP contribution in [0.5, 0.6) is 0 Å². The quantitative estimate of drug-likeness (QED) is 0.721. The van der Waals surface area contributed by atoms with Gasteiger partial charge in [0.1, 0.15) is 11.3 Å². The van der Waals surface area contributed by atoms with E-state index >= 15 is 0 Å². The number of anilines is 1. The molecule has 2 aromatic heterocycles. The monoisotopic (exact) mass is 288 g/mol. The molecule has 0 aliphatic rings. The van der Waals surface area contributed by atoms with Crippen molar-refractivity contribution < 1.29 is 9.21 Å². The molecule has 0 bridgehead atoms. The third-order valence-electron chi connectivity index (χ3n) is 2.69. The van der Waals surface area contributed by atoms with Crippen LogP contribution in [0.25, 0.3) is 11.1 Å². The van der Waals surface area contributed by atoms with Gasteiger partial charge in [-0.2, -0.15) is 5.10 Å². The molecule has 0 saturated heterocycles. The van der Waals surface area contributed by atoms with Gasteiger partial charge in [0.05, 0.1) is 11.9 Å². The van der Waals surface area contributed by atoms with Crippen molar-refractivity contribution in [1.82, 2.24) is 15.2 Å². The largest absolute Gasteiger partial charge is 0.431 e. The number of oxazole rings is 1. The number of hydrogen-bond donors (Lipinski definition) is 2. The average molecular weight is 288 g/mol. The van der Waals surface area contributed by atoms with Crippen LogP contribution in [0, 0.1) is 6.92 Å². The number of rotatable bonds is 4. The predicted molar refractivity (Wildman–Crippen MR) is 76.7 cm³/mol. The number of nitrogens with one attached hydrogen (secondary N) is 2. The van der Waals surface area contributed by atoms with Gasteiger partial charge in [0, 0.05) is 5.56 Å². The molecule has 20 heavy (non-hydrogen) atoms. The number of aromatic amines is 1. The number of carbonyl (C=O) groups is 1. The average Bonchev–Trinajstić information content (AvgIpc) is 3.03. The van der Waals surface area contributed by atoms with E-state index < -0.39 is 0 Å². The number of hydrogen-bond acceptors (Lipinski definition) is 5. The van der Waals surface area contributed by atoms with Crippen LogP contribution in [-0.4, -0.2) is 26.8 Å². The lowest BCUT2D eigenvalue weighted by atomic mass is 10.3. The first kappa shape index (κ1) is 12.7. The topological polar surface area (TPSA) is 83.8 Å². The minimum atomic E-state index is -0.135. The van der Waals surface area contributed by atoms with Gasteiger partial charge in [0.25, 0.3) is 5.22 Å². The number of aromatic nitrogens is 3. The first-order chi connectivity index (χ1) is 9.72. The van der Waals surface area contributed by atoms with Crippen molar-refractivity contribution in [3.05, 3.63) is 36.0 Å². The van der Waals surface area contributed by atoms with Crippen molar-refractivity contribution in [2.24, 2.45) is 0 Å². The van der Waals surface area contributed by atoms with E-state index in [0.717, 1.165) is 16.7 Å². The maximum atomic E-state index is 11.8. The van der Waals surface area contributed by atoms with Crippen molar-refractivity contribution in [3.63, 3.8) is 0 Å². The number of amides is 1. The molecule has 0 fully saturated rings. The van der Waals surface area contributed by atoms with Gasteiger partial charge in [0.15, 0.2) is 5.58 Å². The normalized spacial score (nSPS) is 10.8. The van der Waals surface area contributed by atoms with Gasteiger partial charge in [-0.25, -0.2) is 4.98 Å². The summed E-state index contributed by atoms with van der Waals surface area (Å²) < 4.78 is 5.53. The van der Waals surface area contributed by atoms with Crippen molar-refractivity contribution in [2.75, 3.05) is 11.1 Å². The number of benzene rings is 1. The Kier molecular flexibility index (Phi) is 3.42. The lowest BCUT2D eigenvalue weighted by molar-refractivity contribution is -0.113.